The summed E-state index contributed by atoms with van der Waals surface area (Å²) in [6.07, 6.45) is 1.86. The van der Waals surface area contributed by atoms with Crippen molar-refractivity contribution >= 4 is 10.0 Å². The van der Waals surface area contributed by atoms with Crippen LogP contribution in [0.25, 0.3) is 0 Å². The lowest BCUT2D eigenvalue weighted by Crippen LogP contribution is -2.27. The molecule has 0 radical (unpaired) electrons. The third-order valence-corrected chi connectivity index (χ3v) is 4.88. The van der Waals surface area contributed by atoms with Gasteiger partial charge in [0, 0.05) is 20.6 Å². The van der Waals surface area contributed by atoms with Crippen LogP contribution in [0.15, 0.2) is 21.6 Å². The molecule has 2 rings (SSSR count). The van der Waals surface area contributed by atoms with E-state index in [0.717, 1.165) is 17.1 Å². The van der Waals surface area contributed by atoms with Gasteiger partial charge in [-0.25, -0.2) is 12.7 Å². The summed E-state index contributed by atoms with van der Waals surface area (Å²) in [5.41, 5.74) is 0. The number of sulfonamides is 1. The van der Waals surface area contributed by atoms with Gasteiger partial charge in [0.05, 0.1) is 12.6 Å². The van der Waals surface area contributed by atoms with E-state index < -0.39 is 10.0 Å². The lowest BCUT2D eigenvalue weighted by molar-refractivity contribution is 0.147. The van der Waals surface area contributed by atoms with E-state index in [0.29, 0.717) is 24.8 Å². The van der Waals surface area contributed by atoms with Crippen molar-refractivity contribution in [2.45, 2.75) is 30.6 Å². The molecule has 1 aliphatic rings. The molecule has 0 amide bonds. The molecule has 108 valence electrons. The van der Waals surface area contributed by atoms with E-state index in [-0.39, 0.29) is 11.2 Å². The molecule has 19 heavy (non-hydrogen) atoms. The Morgan fingerprint density at radius 1 is 1.47 bits per heavy atom. The normalized spacial score (nSPS) is 17.9. The van der Waals surface area contributed by atoms with Crippen molar-refractivity contribution in [3.8, 4) is 0 Å². The molecule has 2 N–H and O–H groups in total. The van der Waals surface area contributed by atoms with Crippen molar-refractivity contribution < 1.29 is 17.9 Å². The molecule has 0 aliphatic heterocycles. The lowest BCUT2D eigenvalue weighted by Gasteiger charge is -2.09. The maximum atomic E-state index is 11.8. The predicted octanol–water partition coefficient (Wildman–Crippen LogP) is 0.390. The molecule has 1 aromatic heterocycles. The van der Waals surface area contributed by atoms with Crippen LogP contribution < -0.4 is 5.32 Å². The number of nitrogens with zero attached hydrogens (tertiary/aromatic N) is 1. The summed E-state index contributed by atoms with van der Waals surface area (Å²) in [4.78, 5) is 0. The first-order valence-corrected chi connectivity index (χ1v) is 7.75. The summed E-state index contributed by atoms with van der Waals surface area (Å²) in [5.74, 6) is 0.970. The minimum absolute atomic E-state index is 0.0583. The lowest BCUT2D eigenvalue weighted by atomic mass is 10.2. The van der Waals surface area contributed by atoms with Gasteiger partial charge >= 0.3 is 0 Å². The fourth-order valence-corrected chi connectivity index (χ4v) is 2.57. The molecular formula is C12H20N2O4S. The van der Waals surface area contributed by atoms with Gasteiger partial charge in [-0.05, 0) is 30.9 Å². The molecule has 0 spiro atoms. The second-order valence-corrected chi connectivity index (χ2v) is 7.13. The Kier molecular flexibility index (Phi) is 4.29. The van der Waals surface area contributed by atoms with Crippen molar-refractivity contribution in [1.82, 2.24) is 9.62 Å². The van der Waals surface area contributed by atoms with Gasteiger partial charge in [-0.2, -0.15) is 0 Å². The van der Waals surface area contributed by atoms with Crippen LogP contribution in [0, 0.1) is 5.92 Å². The largest absolute Gasteiger partial charge is 0.447 e. The van der Waals surface area contributed by atoms with Crippen LogP contribution in [-0.2, 0) is 16.6 Å². The van der Waals surface area contributed by atoms with Gasteiger partial charge in [0.15, 0.2) is 0 Å². The standard InChI is InChI=1S/C12H20N2O4S/c1-14(2)19(16,17)12-6-5-10(18-12)7-13-8-11(15)9-3-4-9/h5-6,9,11,13,15H,3-4,7-8H2,1-2H3. The zero-order valence-electron chi connectivity index (χ0n) is 11.2. The predicted molar refractivity (Wildman–Crippen MR) is 70.0 cm³/mol. The molecule has 1 aromatic rings. The number of hydrogen-bond acceptors (Lipinski definition) is 5. The van der Waals surface area contributed by atoms with Crippen LogP contribution in [-0.4, -0.2) is 44.6 Å². The number of aliphatic hydroxyl groups excluding tert-OH is 1. The van der Waals surface area contributed by atoms with Gasteiger partial charge in [-0.1, -0.05) is 0 Å². The zero-order chi connectivity index (χ0) is 14.0. The summed E-state index contributed by atoms with van der Waals surface area (Å²) >= 11 is 0. The molecule has 1 atom stereocenters. The van der Waals surface area contributed by atoms with Gasteiger partial charge in [0.2, 0.25) is 5.09 Å². The fourth-order valence-electron chi connectivity index (χ4n) is 1.76. The molecule has 1 heterocycles. The quantitative estimate of drug-likeness (QED) is 0.758. The van der Waals surface area contributed by atoms with Crippen molar-refractivity contribution in [2.24, 2.45) is 5.92 Å². The highest BCUT2D eigenvalue weighted by atomic mass is 32.2. The zero-order valence-corrected chi connectivity index (χ0v) is 12.0. The molecule has 6 nitrogen and oxygen atoms in total. The molecule has 0 bridgehead atoms. The van der Waals surface area contributed by atoms with E-state index in [1.54, 1.807) is 6.07 Å². The topological polar surface area (TPSA) is 82.8 Å². The molecule has 1 unspecified atom stereocenters. The Balaban J connectivity index is 1.87. The minimum atomic E-state index is -3.51. The maximum absolute atomic E-state index is 11.8. The number of nitrogens with one attached hydrogen (secondary N) is 1. The smallest absolute Gasteiger partial charge is 0.275 e. The molecular weight excluding hydrogens is 268 g/mol. The third-order valence-electron chi connectivity index (χ3n) is 3.19. The Morgan fingerprint density at radius 2 is 2.16 bits per heavy atom. The first kappa shape index (κ1) is 14.5. The Hall–Kier alpha value is -0.890. The maximum Gasteiger partial charge on any atom is 0.275 e. The second kappa shape index (κ2) is 5.62. The van der Waals surface area contributed by atoms with Crippen LogP contribution in [0.2, 0.25) is 0 Å². The highest BCUT2D eigenvalue weighted by Crippen LogP contribution is 2.32. The summed E-state index contributed by atoms with van der Waals surface area (Å²) in [7, 11) is -0.591. The highest BCUT2D eigenvalue weighted by molar-refractivity contribution is 7.88. The first-order chi connectivity index (χ1) is 8.91. The van der Waals surface area contributed by atoms with E-state index in [4.69, 9.17) is 4.42 Å². The van der Waals surface area contributed by atoms with Gasteiger partial charge in [-0.3, -0.25) is 0 Å². The molecule has 1 fully saturated rings. The van der Waals surface area contributed by atoms with E-state index in [1.807, 2.05) is 0 Å². The average molecular weight is 288 g/mol. The SMILES string of the molecule is CN(C)S(=O)(=O)c1ccc(CNCC(O)C2CC2)o1. The second-order valence-electron chi connectivity index (χ2n) is 5.04. The van der Waals surface area contributed by atoms with Crippen LogP contribution >= 0.6 is 0 Å². The summed E-state index contributed by atoms with van der Waals surface area (Å²) in [5, 5.41) is 12.7. The molecule has 1 aliphatic carbocycles. The molecule has 0 saturated heterocycles. The van der Waals surface area contributed by atoms with Crippen LogP contribution in [0.3, 0.4) is 0 Å². The molecule has 7 heteroatoms. The first-order valence-electron chi connectivity index (χ1n) is 6.31. The van der Waals surface area contributed by atoms with E-state index in [1.165, 1.54) is 20.2 Å². The number of furan rings is 1. The fraction of sp³-hybridized carbons (Fsp3) is 0.667. The van der Waals surface area contributed by atoms with Gasteiger partial charge in [0.1, 0.15) is 5.76 Å². The molecule has 1 saturated carbocycles. The summed E-state index contributed by atoms with van der Waals surface area (Å²) < 4.78 is 30.0. The average Bonchev–Trinajstić information content (AvgIpc) is 3.08. The van der Waals surface area contributed by atoms with E-state index >= 15 is 0 Å². The summed E-state index contributed by atoms with van der Waals surface area (Å²) in [6.45, 7) is 0.911. The van der Waals surface area contributed by atoms with Gasteiger partial charge in [0.25, 0.3) is 10.0 Å². The van der Waals surface area contributed by atoms with Crippen molar-refractivity contribution in [1.29, 1.82) is 0 Å². The van der Waals surface area contributed by atoms with Crippen molar-refractivity contribution in [3.63, 3.8) is 0 Å². The van der Waals surface area contributed by atoms with E-state index in [9.17, 15) is 13.5 Å². The van der Waals surface area contributed by atoms with Crippen molar-refractivity contribution in [3.05, 3.63) is 17.9 Å². The van der Waals surface area contributed by atoms with Gasteiger partial charge < -0.3 is 14.8 Å². The Labute approximate surface area is 113 Å². The van der Waals surface area contributed by atoms with Crippen molar-refractivity contribution in [2.75, 3.05) is 20.6 Å². The van der Waals surface area contributed by atoms with E-state index in [2.05, 4.69) is 5.32 Å². The Bertz CT molecular complexity index is 520. The van der Waals surface area contributed by atoms with Gasteiger partial charge in [-0.15, -0.1) is 0 Å². The number of hydrogen-bond donors (Lipinski definition) is 2. The minimum Gasteiger partial charge on any atom is -0.447 e. The van der Waals surface area contributed by atoms with Crippen LogP contribution in [0.5, 0.6) is 0 Å². The number of rotatable bonds is 7. The van der Waals surface area contributed by atoms with Crippen LogP contribution in [0.4, 0.5) is 0 Å². The summed E-state index contributed by atoms with van der Waals surface area (Å²) in [6, 6.07) is 3.08. The highest BCUT2D eigenvalue weighted by Gasteiger charge is 2.29. The van der Waals surface area contributed by atoms with Crippen LogP contribution in [0.1, 0.15) is 18.6 Å². The monoisotopic (exact) mass is 288 g/mol. The third kappa shape index (κ3) is 3.56. The Morgan fingerprint density at radius 3 is 2.74 bits per heavy atom. The molecule has 0 aromatic carbocycles. The number of aliphatic hydroxyl groups is 1.